The molecule has 2 aromatic rings. The van der Waals surface area contributed by atoms with Crippen molar-refractivity contribution in [2.24, 2.45) is 0 Å². The van der Waals surface area contributed by atoms with Gasteiger partial charge in [0, 0.05) is 36.2 Å². The first-order valence-corrected chi connectivity index (χ1v) is 10.3. The predicted molar refractivity (Wildman–Crippen MR) is 110 cm³/mol. The summed E-state index contributed by atoms with van der Waals surface area (Å²) < 4.78 is 0. The molecule has 0 radical (unpaired) electrons. The van der Waals surface area contributed by atoms with Crippen LogP contribution in [0.1, 0.15) is 43.0 Å². The summed E-state index contributed by atoms with van der Waals surface area (Å²) in [5.41, 5.74) is 4.24. The van der Waals surface area contributed by atoms with Crippen molar-refractivity contribution < 1.29 is 9.59 Å². The van der Waals surface area contributed by atoms with Gasteiger partial charge in [-0.25, -0.2) is 4.98 Å². The third kappa shape index (κ3) is 5.33. The van der Waals surface area contributed by atoms with E-state index in [0.717, 1.165) is 36.4 Å². The number of pyridine rings is 1. The van der Waals surface area contributed by atoms with Crippen molar-refractivity contribution in [1.82, 2.24) is 4.98 Å². The second kappa shape index (κ2) is 9.38. The fraction of sp³-hybridized carbons (Fsp3) is 0.333. The molecular weight excluding hydrogens is 372 g/mol. The van der Waals surface area contributed by atoms with Crippen molar-refractivity contribution in [2.45, 2.75) is 44.1 Å². The standard InChI is InChI=1S/C21H22N4O2S/c1-14(26)23-17-6-8-18(9-7-17)24-20(27)10-11-28-21-16(13-22)12-15-4-2-3-5-19(15)25-21/h6-9,12H,2-5,10-11H2,1H3,(H,23,26)(H,24,27). The van der Waals surface area contributed by atoms with Crippen LogP contribution >= 0.6 is 11.8 Å². The number of aryl methyl sites for hydroxylation is 2. The van der Waals surface area contributed by atoms with E-state index in [1.807, 2.05) is 6.07 Å². The molecule has 6 nitrogen and oxygen atoms in total. The van der Waals surface area contributed by atoms with Crippen LogP contribution in [0.25, 0.3) is 0 Å². The maximum Gasteiger partial charge on any atom is 0.225 e. The zero-order chi connectivity index (χ0) is 19.9. The molecule has 28 heavy (non-hydrogen) atoms. The van der Waals surface area contributed by atoms with E-state index in [4.69, 9.17) is 0 Å². The van der Waals surface area contributed by atoms with Gasteiger partial charge in [-0.15, -0.1) is 11.8 Å². The Morgan fingerprint density at radius 2 is 1.82 bits per heavy atom. The maximum absolute atomic E-state index is 12.2. The number of amides is 2. The van der Waals surface area contributed by atoms with Gasteiger partial charge in [0.15, 0.2) is 0 Å². The van der Waals surface area contributed by atoms with Crippen molar-refractivity contribution in [1.29, 1.82) is 5.26 Å². The van der Waals surface area contributed by atoms with Gasteiger partial charge in [0.1, 0.15) is 11.1 Å². The molecule has 0 saturated carbocycles. The van der Waals surface area contributed by atoms with Gasteiger partial charge < -0.3 is 10.6 Å². The van der Waals surface area contributed by atoms with E-state index < -0.39 is 0 Å². The Bertz CT molecular complexity index is 919. The SMILES string of the molecule is CC(=O)Nc1ccc(NC(=O)CCSc2nc3c(cc2C#N)CCCC3)cc1. The molecule has 7 heteroatoms. The van der Waals surface area contributed by atoms with E-state index >= 15 is 0 Å². The van der Waals surface area contributed by atoms with Gasteiger partial charge in [-0.3, -0.25) is 9.59 Å². The van der Waals surface area contributed by atoms with Crippen LogP contribution < -0.4 is 10.6 Å². The van der Waals surface area contributed by atoms with Gasteiger partial charge >= 0.3 is 0 Å². The van der Waals surface area contributed by atoms with E-state index in [0.29, 0.717) is 29.1 Å². The number of nitrogens with zero attached hydrogens (tertiary/aromatic N) is 2. The number of carbonyl (C=O) groups excluding carboxylic acids is 2. The van der Waals surface area contributed by atoms with E-state index in [-0.39, 0.29) is 11.8 Å². The van der Waals surface area contributed by atoms with Crippen molar-refractivity contribution in [3.63, 3.8) is 0 Å². The third-order valence-electron chi connectivity index (χ3n) is 4.44. The van der Waals surface area contributed by atoms with Gasteiger partial charge in [0.25, 0.3) is 0 Å². The highest BCUT2D eigenvalue weighted by atomic mass is 32.2. The minimum Gasteiger partial charge on any atom is -0.326 e. The molecule has 1 aromatic heterocycles. The van der Waals surface area contributed by atoms with Gasteiger partial charge in [-0.2, -0.15) is 5.26 Å². The van der Waals surface area contributed by atoms with E-state index in [1.165, 1.54) is 24.2 Å². The van der Waals surface area contributed by atoms with Crippen LogP contribution in [-0.4, -0.2) is 22.6 Å². The molecule has 0 spiro atoms. The number of carbonyl (C=O) groups is 2. The van der Waals surface area contributed by atoms with Gasteiger partial charge in [-0.1, -0.05) is 0 Å². The zero-order valence-electron chi connectivity index (χ0n) is 15.7. The lowest BCUT2D eigenvalue weighted by molar-refractivity contribution is -0.116. The first-order valence-electron chi connectivity index (χ1n) is 9.28. The van der Waals surface area contributed by atoms with E-state index in [9.17, 15) is 14.9 Å². The summed E-state index contributed by atoms with van der Waals surface area (Å²) in [6.07, 6.45) is 4.56. The molecule has 1 aliphatic carbocycles. The Hall–Kier alpha value is -2.85. The Balaban J connectivity index is 1.53. The van der Waals surface area contributed by atoms with Crippen LogP contribution in [0.15, 0.2) is 35.4 Å². The molecule has 1 heterocycles. The molecule has 2 amide bonds. The minimum atomic E-state index is -0.138. The summed E-state index contributed by atoms with van der Waals surface area (Å²) in [5, 5.41) is 15.6. The maximum atomic E-state index is 12.2. The van der Waals surface area contributed by atoms with Crippen molar-refractivity contribution in [2.75, 3.05) is 16.4 Å². The first-order chi connectivity index (χ1) is 13.5. The van der Waals surface area contributed by atoms with Gasteiger partial charge in [0.2, 0.25) is 11.8 Å². The number of thioether (sulfide) groups is 1. The summed E-state index contributed by atoms with van der Waals surface area (Å²) in [5.74, 6) is 0.314. The first kappa shape index (κ1) is 19.9. The van der Waals surface area contributed by atoms with Crippen LogP contribution in [0.5, 0.6) is 0 Å². The number of nitriles is 1. The molecule has 0 unspecified atom stereocenters. The van der Waals surface area contributed by atoms with Crippen molar-refractivity contribution in [3.8, 4) is 6.07 Å². The van der Waals surface area contributed by atoms with Crippen LogP contribution in [0, 0.1) is 11.3 Å². The lowest BCUT2D eigenvalue weighted by Gasteiger charge is -2.16. The monoisotopic (exact) mass is 394 g/mol. The van der Waals surface area contributed by atoms with Crippen LogP contribution in [0.4, 0.5) is 11.4 Å². The van der Waals surface area contributed by atoms with E-state index in [2.05, 4.69) is 21.7 Å². The largest absolute Gasteiger partial charge is 0.326 e. The van der Waals surface area contributed by atoms with Gasteiger partial charge in [-0.05, 0) is 61.6 Å². The molecule has 0 aliphatic heterocycles. The Labute approximate surface area is 168 Å². The lowest BCUT2D eigenvalue weighted by atomic mass is 9.95. The second-order valence-electron chi connectivity index (χ2n) is 6.67. The highest BCUT2D eigenvalue weighted by Gasteiger charge is 2.15. The van der Waals surface area contributed by atoms with E-state index in [1.54, 1.807) is 24.3 Å². The molecule has 3 rings (SSSR count). The Kier molecular flexibility index (Phi) is 6.66. The number of aromatic nitrogens is 1. The van der Waals surface area contributed by atoms with Crippen LogP contribution in [-0.2, 0) is 22.4 Å². The minimum absolute atomic E-state index is 0.101. The molecule has 0 fully saturated rings. The zero-order valence-corrected chi connectivity index (χ0v) is 16.6. The number of fused-ring (bicyclic) bond motifs is 1. The molecule has 144 valence electrons. The quantitative estimate of drug-likeness (QED) is 0.724. The summed E-state index contributed by atoms with van der Waals surface area (Å²) in [6.45, 7) is 1.45. The number of rotatable bonds is 6. The summed E-state index contributed by atoms with van der Waals surface area (Å²) in [6, 6.07) is 11.2. The smallest absolute Gasteiger partial charge is 0.225 e. The molecule has 0 atom stereocenters. The summed E-state index contributed by atoms with van der Waals surface area (Å²) in [4.78, 5) is 27.9. The molecule has 0 saturated heterocycles. The fourth-order valence-electron chi connectivity index (χ4n) is 3.11. The molecule has 1 aromatic carbocycles. The Morgan fingerprint density at radius 1 is 1.14 bits per heavy atom. The lowest BCUT2D eigenvalue weighted by Crippen LogP contribution is -2.13. The van der Waals surface area contributed by atoms with Crippen LogP contribution in [0.2, 0.25) is 0 Å². The second-order valence-corrected chi connectivity index (χ2v) is 7.75. The molecule has 1 aliphatic rings. The van der Waals surface area contributed by atoms with Crippen molar-refractivity contribution >= 4 is 35.0 Å². The van der Waals surface area contributed by atoms with Crippen molar-refractivity contribution in [3.05, 3.63) is 47.2 Å². The average molecular weight is 395 g/mol. The third-order valence-corrected chi connectivity index (χ3v) is 5.44. The number of hydrogen-bond acceptors (Lipinski definition) is 5. The van der Waals surface area contributed by atoms with Gasteiger partial charge in [0.05, 0.1) is 5.56 Å². The topological polar surface area (TPSA) is 94.9 Å². The Morgan fingerprint density at radius 3 is 2.50 bits per heavy atom. The highest BCUT2D eigenvalue weighted by Crippen LogP contribution is 2.27. The molecular formula is C21H22N4O2S. The fourth-order valence-corrected chi connectivity index (χ4v) is 4.02. The number of hydrogen-bond donors (Lipinski definition) is 2. The number of anilines is 2. The molecule has 0 bridgehead atoms. The average Bonchev–Trinajstić information content (AvgIpc) is 2.68. The highest BCUT2D eigenvalue weighted by molar-refractivity contribution is 7.99. The number of nitrogens with one attached hydrogen (secondary N) is 2. The molecule has 2 N–H and O–H groups in total. The normalized spacial score (nSPS) is 12.6. The summed E-state index contributed by atoms with van der Waals surface area (Å²) in [7, 11) is 0. The summed E-state index contributed by atoms with van der Waals surface area (Å²) >= 11 is 1.45. The number of benzene rings is 1. The predicted octanol–water partition coefficient (Wildman–Crippen LogP) is 3.91. The van der Waals surface area contributed by atoms with Crippen LogP contribution in [0.3, 0.4) is 0 Å².